The van der Waals surface area contributed by atoms with Gasteiger partial charge in [-0.1, -0.05) is 13.8 Å². The van der Waals surface area contributed by atoms with Gasteiger partial charge in [-0.2, -0.15) is 0 Å². The molecule has 118 valence electrons. The first-order valence-electron chi connectivity index (χ1n) is 9.56. The van der Waals surface area contributed by atoms with Crippen LogP contribution in [0.1, 0.15) is 78.1 Å². The molecule has 0 aliphatic heterocycles. The fraction of sp³-hybridized carbons (Fsp3) is 0.950. The first kappa shape index (κ1) is 14.3. The van der Waals surface area contributed by atoms with Gasteiger partial charge in [-0.25, -0.2) is 0 Å². The molecule has 3 atom stereocenters. The van der Waals surface area contributed by atoms with Crippen molar-refractivity contribution in [1.82, 2.24) is 0 Å². The molecule has 5 aliphatic carbocycles. The van der Waals surface area contributed by atoms with Crippen LogP contribution in [0.4, 0.5) is 0 Å². The molecule has 21 heavy (non-hydrogen) atoms. The third-order valence-corrected chi connectivity index (χ3v) is 7.77. The maximum absolute atomic E-state index is 12.9. The monoisotopic (exact) mass is 288 g/mol. The molecule has 0 aromatic carbocycles. The fourth-order valence-corrected chi connectivity index (χ4v) is 6.86. The van der Waals surface area contributed by atoms with E-state index in [9.17, 15) is 4.79 Å². The van der Waals surface area contributed by atoms with E-state index in [0.717, 1.165) is 36.0 Å². The molecule has 0 aromatic rings. The number of ketones is 1. The third-order valence-electron chi connectivity index (χ3n) is 7.77. The average Bonchev–Trinajstić information content (AvgIpc) is 2.39. The van der Waals surface area contributed by atoms with Crippen molar-refractivity contribution in [2.45, 2.75) is 78.1 Å². The molecular formula is C20H32O. The maximum Gasteiger partial charge on any atom is 0.136 e. The maximum atomic E-state index is 12.9. The summed E-state index contributed by atoms with van der Waals surface area (Å²) >= 11 is 0. The Balaban J connectivity index is 1.42. The van der Waals surface area contributed by atoms with Crippen LogP contribution in [0.25, 0.3) is 0 Å². The van der Waals surface area contributed by atoms with Gasteiger partial charge in [-0.15, -0.1) is 0 Å². The number of hydrogen-bond acceptors (Lipinski definition) is 1. The molecule has 0 radical (unpaired) electrons. The van der Waals surface area contributed by atoms with Crippen molar-refractivity contribution in [3.8, 4) is 0 Å². The van der Waals surface area contributed by atoms with Gasteiger partial charge < -0.3 is 0 Å². The van der Waals surface area contributed by atoms with Gasteiger partial charge >= 0.3 is 0 Å². The minimum atomic E-state index is 0.407. The molecule has 4 bridgehead atoms. The molecule has 5 aliphatic rings. The molecule has 5 rings (SSSR count). The van der Waals surface area contributed by atoms with Crippen molar-refractivity contribution in [3.63, 3.8) is 0 Å². The highest BCUT2D eigenvalue weighted by Gasteiger charge is 2.51. The average molecular weight is 288 g/mol. The molecule has 0 spiro atoms. The van der Waals surface area contributed by atoms with E-state index in [4.69, 9.17) is 0 Å². The van der Waals surface area contributed by atoms with Crippen LogP contribution >= 0.6 is 0 Å². The molecule has 0 saturated heterocycles. The lowest BCUT2D eigenvalue weighted by atomic mass is 9.48. The molecule has 5 saturated carbocycles. The van der Waals surface area contributed by atoms with Crippen molar-refractivity contribution in [3.05, 3.63) is 0 Å². The zero-order valence-electron chi connectivity index (χ0n) is 13.9. The number of rotatable bonds is 3. The van der Waals surface area contributed by atoms with E-state index >= 15 is 0 Å². The Morgan fingerprint density at radius 3 is 1.95 bits per heavy atom. The number of carbonyl (C=O) groups excluding carboxylic acids is 1. The van der Waals surface area contributed by atoms with Crippen molar-refractivity contribution < 1.29 is 4.79 Å². The van der Waals surface area contributed by atoms with Gasteiger partial charge in [-0.3, -0.25) is 4.79 Å². The first-order chi connectivity index (χ1) is 10.0. The van der Waals surface area contributed by atoms with Crippen molar-refractivity contribution in [2.75, 3.05) is 0 Å². The number of carbonyl (C=O) groups is 1. The zero-order valence-corrected chi connectivity index (χ0v) is 13.9. The highest BCUT2D eigenvalue weighted by atomic mass is 16.1. The van der Waals surface area contributed by atoms with Gasteiger partial charge in [0.05, 0.1) is 0 Å². The van der Waals surface area contributed by atoms with E-state index < -0.39 is 0 Å². The van der Waals surface area contributed by atoms with Gasteiger partial charge in [-0.05, 0) is 92.8 Å². The van der Waals surface area contributed by atoms with Crippen LogP contribution in [0.3, 0.4) is 0 Å². The van der Waals surface area contributed by atoms with Crippen LogP contribution in [-0.2, 0) is 4.79 Å². The van der Waals surface area contributed by atoms with E-state index in [-0.39, 0.29) is 0 Å². The van der Waals surface area contributed by atoms with Crippen LogP contribution in [0.15, 0.2) is 0 Å². The van der Waals surface area contributed by atoms with E-state index in [1.54, 1.807) is 0 Å². The molecule has 0 aromatic heterocycles. The van der Waals surface area contributed by atoms with Gasteiger partial charge in [0.25, 0.3) is 0 Å². The molecule has 0 N–H and O–H groups in total. The Bertz CT molecular complexity index is 388. The fourth-order valence-electron chi connectivity index (χ4n) is 6.86. The summed E-state index contributed by atoms with van der Waals surface area (Å²) in [6, 6.07) is 0. The summed E-state index contributed by atoms with van der Waals surface area (Å²) in [5, 5.41) is 0. The van der Waals surface area contributed by atoms with Crippen LogP contribution in [0, 0.1) is 40.9 Å². The zero-order chi connectivity index (χ0) is 14.6. The summed E-state index contributed by atoms with van der Waals surface area (Å²) in [6.07, 6.45) is 13.2. The number of Topliss-reactive ketones (excluding diaryl/α,β-unsaturated/α-hetero) is 1. The Kier molecular flexibility index (Phi) is 3.47. The second-order valence-electron chi connectivity index (χ2n) is 9.53. The summed E-state index contributed by atoms with van der Waals surface area (Å²) < 4.78 is 0. The first-order valence-corrected chi connectivity index (χ1v) is 9.56. The Labute approximate surface area is 130 Å². The second-order valence-corrected chi connectivity index (χ2v) is 9.53. The van der Waals surface area contributed by atoms with Gasteiger partial charge in [0.1, 0.15) is 5.78 Å². The predicted octanol–water partition coefficient (Wildman–Crippen LogP) is 5.23. The van der Waals surface area contributed by atoms with Gasteiger partial charge in [0.15, 0.2) is 0 Å². The standard InChI is InChI=1S/C20H32O/c1-13-3-4-18(5-14(13)2)19(21)12-20-9-15-6-16(10-20)8-17(7-15)11-20/h13-18H,3-12H2,1-2H3. The lowest BCUT2D eigenvalue weighted by molar-refractivity contribution is -0.132. The lowest BCUT2D eigenvalue weighted by Gasteiger charge is -2.57. The van der Waals surface area contributed by atoms with E-state index in [0.29, 0.717) is 17.1 Å². The van der Waals surface area contributed by atoms with Crippen LogP contribution in [0.2, 0.25) is 0 Å². The second kappa shape index (κ2) is 5.10. The highest BCUT2D eigenvalue weighted by molar-refractivity contribution is 5.81. The summed E-state index contributed by atoms with van der Waals surface area (Å²) in [5.74, 6) is 5.58. The van der Waals surface area contributed by atoms with Crippen molar-refractivity contribution >= 4 is 5.78 Å². The Hall–Kier alpha value is -0.330. The molecule has 0 amide bonds. The van der Waals surface area contributed by atoms with E-state index in [1.165, 1.54) is 57.8 Å². The number of hydrogen-bond donors (Lipinski definition) is 0. The summed E-state index contributed by atoms with van der Waals surface area (Å²) in [5.41, 5.74) is 0.456. The highest BCUT2D eigenvalue weighted by Crippen LogP contribution is 2.61. The van der Waals surface area contributed by atoms with Crippen molar-refractivity contribution in [2.24, 2.45) is 40.9 Å². The predicted molar refractivity (Wildman–Crippen MR) is 85.9 cm³/mol. The molecule has 1 nitrogen and oxygen atoms in total. The summed E-state index contributed by atoms with van der Waals surface area (Å²) in [4.78, 5) is 12.9. The largest absolute Gasteiger partial charge is 0.299 e. The Morgan fingerprint density at radius 1 is 0.857 bits per heavy atom. The third kappa shape index (κ3) is 2.59. The van der Waals surface area contributed by atoms with Crippen LogP contribution in [-0.4, -0.2) is 5.78 Å². The smallest absolute Gasteiger partial charge is 0.136 e. The van der Waals surface area contributed by atoms with Gasteiger partial charge in [0, 0.05) is 12.3 Å². The summed E-state index contributed by atoms with van der Waals surface area (Å²) in [7, 11) is 0. The summed E-state index contributed by atoms with van der Waals surface area (Å²) in [6.45, 7) is 4.72. The quantitative estimate of drug-likeness (QED) is 0.694. The van der Waals surface area contributed by atoms with Gasteiger partial charge in [0.2, 0.25) is 0 Å². The molecular weight excluding hydrogens is 256 g/mol. The minimum absolute atomic E-state index is 0.407. The van der Waals surface area contributed by atoms with Crippen molar-refractivity contribution in [1.29, 1.82) is 0 Å². The van der Waals surface area contributed by atoms with Crippen LogP contribution in [0.5, 0.6) is 0 Å². The Morgan fingerprint density at radius 2 is 1.43 bits per heavy atom. The molecule has 0 heterocycles. The normalized spacial score (nSPS) is 52.1. The molecule has 5 fully saturated rings. The molecule has 1 heteroatoms. The van der Waals surface area contributed by atoms with Crippen LogP contribution < -0.4 is 0 Å². The van der Waals surface area contributed by atoms with E-state index in [1.807, 2.05) is 0 Å². The topological polar surface area (TPSA) is 17.1 Å². The minimum Gasteiger partial charge on any atom is -0.299 e. The SMILES string of the molecule is CC1CCC(C(=O)CC23CC4CC(CC(C4)C2)C3)CC1C. The lowest BCUT2D eigenvalue weighted by Crippen LogP contribution is -2.47. The van der Waals surface area contributed by atoms with E-state index in [2.05, 4.69) is 13.8 Å². The molecule has 3 unspecified atom stereocenters.